The Morgan fingerprint density at radius 1 is 0.769 bits per heavy atom. The number of nitrogens with zero attached hydrogens (tertiary/aromatic N) is 1. The molecule has 80 valence electrons. The minimum absolute atomic E-state index is 0. The molecule has 3 N–H and O–H groups in total. The molecule has 0 saturated heterocycles. The molecule has 0 aliphatic rings. The van der Waals surface area contributed by atoms with Crippen LogP contribution in [0.4, 0.5) is 0 Å². The van der Waals surface area contributed by atoms with Gasteiger partial charge < -0.3 is 31.2 Å². The van der Waals surface area contributed by atoms with E-state index in [-0.39, 0.29) is 51.8 Å². The first-order valence-corrected chi connectivity index (χ1v) is 3.31. The van der Waals surface area contributed by atoms with Crippen LogP contribution >= 0.6 is 0 Å². The first-order chi connectivity index (χ1) is 4.85. The molecule has 0 aromatic rings. The fraction of sp³-hybridized carbons (Fsp3) is 1.00. The van der Waals surface area contributed by atoms with E-state index in [9.17, 15) is 15.3 Å². The Balaban J connectivity index is -0.000000135. The zero-order valence-corrected chi connectivity index (χ0v) is 9.28. The van der Waals surface area contributed by atoms with E-state index in [0.717, 1.165) is 0 Å². The SMILES string of the molecule is O.[Mo+4].[O-]CCN(CC[O-])CC[O-].[OH-]. The zero-order chi connectivity index (χ0) is 7.82. The second kappa shape index (κ2) is 18.3. The molecule has 0 atom stereocenters. The molecule has 13 heavy (non-hydrogen) atoms. The van der Waals surface area contributed by atoms with Crippen LogP contribution in [0.25, 0.3) is 0 Å². The fourth-order valence-corrected chi connectivity index (χ4v) is 0.723. The summed E-state index contributed by atoms with van der Waals surface area (Å²) in [7, 11) is 0. The summed E-state index contributed by atoms with van der Waals surface area (Å²) >= 11 is 0. The molecule has 0 rings (SSSR count). The van der Waals surface area contributed by atoms with E-state index in [1.54, 1.807) is 4.90 Å². The van der Waals surface area contributed by atoms with Crippen LogP contribution in [0.1, 0.15) is 0 Å². The molecule has 0 unspecified atom stereocenters. The van der Waals surface area contributed by atoms with Gasteiger partial charge in [0.15, 0.2) is 0 Å². The number of hydrogen-bond donors (Lipinski definition) is 0. The van der Waals surface area contributed by atoms with Gasteiger partial charge in [-0.1, -0.05) is 0 Å². The van der Waals surface area contributed by atoms with Crippen LogP contribution in [0.2, 0.25) is 0 Å². The van der Waals surface area contributed by atoms with Crippen molar-refractivity contribution in [3.8, 4) is 0 Å². The molecule has 0 radical (unpaired) electrons. The van der Waals surface area contributed by atoms with Crippen molar-refractivity contribution in [2.75, 3.05) is 39.5 Å². The van der Waals surface area contributed by atoms with Gasteiger partial charge in [-0.2, -0.15) is 0 Å². The van der Waals surface area contributed by atoms with Gasteiger partial charge in [-0.3, -0.25) is 0 Å². The minimum Gasteiger partial charge on any atom is -0.870 e. The molecule has 0 aromatic heterocycles. The molecule has 0 bridgehead atoms. The van der Waals surface area contributed by atoms with Crippen molar-refractivity contribution in [2.24, 2.45) is 0 Å². The summed E-state index contributed by atoms with van der Waals surface area (Å²) < 4.78 is 0. The molecule has 0 spiro atoms. The third-order valence-corrected chi connectivity index (χ3v) is 1.22. The Bertz CT molecular complexity index is 63.8. The van der Waals surface area contributed by atoms with Crippen LogP contribution in [0.15, 0.2) is 0 Å². The molecule has 0 amide bonds. The predicted molar refractivity (Wildman–Crippen MR) is 36.6 cm³/mol. The Morgan fingerprint density at radius 2 is 1.00 bits per heavy atom. The Morgan fingerprint density at radius 3 is 1.15 bits per heavy atom. The molecule has 0 saturated carbocycles. The van der Waals surface area contributed by atoms with Gasteiger partial charge in [0.05, 0.1) is 0 Å². The molecular formula is C6H15MoNO5. The Kier molecular flexibility index (Phi) is 32.8. The van der Waals surface area contributed by atoms with Crippen LogP contribution < -0.4 is 15.3 Å². The largest absolute Gasteiger partial charge is 4.00 e. The maximum Gasteiger partial charge on any atom is 4.00 e. The molecule has 0 aliphatic heterocycles. The van der Waals surface area contributed by atoms with Crippen molar-refractivity contribution in [3.05, 3.63) is 0 Å². The van der Waals surface area contributed by atoms with Gasteiger partial charge in [-0.25, -0.2) is 0 Å². The van der Waals surface area contributed by atoms with Crippen LogP contribution in [-0.2, 0) is 21.1 Å². The van der Waals surface area contributed by atoms with Crippen LogP contribution in [0, 0.1) is 0 Å². The van der Waals surface area contributed by atoms with Crippen LogP contribution in [-0.4, -0.2) is 55.3 Å². The van der Waals surface area contributed by atoms with Gasteiger partial charge in [-0.15, -0.1) is 19.8 Å². The van der Waals surface area contributed by atoms with E-state index < -0.39 is 0 Å². The molecule has 0 fully saturated rings. The maximum atomic E-state index is 10.0. The first-order valence-electron chi connectivity index (χ1n) is 3.31. The van der Waals surface area contributed by atoms with Crippen molar-refractivity contribution >= 4 is 0 Å². The maximum absolute atomic E-state index is 10.0. The van der Waals surface area contributed by atoms with Gasteiger partial charge in [0.2, 0.25) is 0 Å². The third-order valence-electron chi connectivity index (χ3n) is 1.22. The van der Waals surface area contributed by atoms with Crippen LogP contribution in [0.3, 0.4) is 0 Å². The van der Waals surface area contributed by atoms with E-state index in [1.807, 2.05) is 0 Å². The fourth-order valence-electron chi connectivity index (χ4n) is 0.723. The van der Waals surface area contributed by atoms with E-state index >= 15 is 0 Å². The van der Waals surface area contributed by atoms with E-state index in [0.29, 0.717) is 19.6 Å². The summed E-state index contributed by atoms with van der Waals surface area (Å²) in [5.74, 6) is 0. The zero-order valence-electron chi connectivity index (χ0n) is 7.27. The van der Waals surface area contributed by atoms with Gasteiger partial charge in [0.1, 0.15) is 0 Å². The first kappa shape index (κ1) is 23.3. The molecule has 7 heteroatoms. The molecule has 0 aliphatic carbocycles. The van der Waals surface area contributed by atoms with Gasteiger partial charge >= 0.3 is 21.1 Å². The molecular weight excluding hydrogens is 262 g/mol. The Labute approximate surface area is 92.1 Å². The summed E-state index contributed by atoms with van der Waals surface area (Å²) in [6.45, 7) is 0.263. The summed E-state index contributed by atoms with van der Waals surface area (Å²) in [6, 6.07) is 0. The van der Waals surface area contributed by atoms with Crippen molar-refractivity contribution in [1.29, 1.82) is 0 Å². The minimum atomic E-state index is -0.236. The van der Waals surface area contributed by atoms with Crippen LogP contribution in [0.5, 0.6) is 0 Å². The smallest absolute Gasteiger partial charge is 0.870 e. The molecule has 0 heterocycles. The van der Waals surface area contributed by atoms with Crippen molar-refractivity contribution < 1.29 is 47.3 Å². The molecule has 6 nitrogen and oxygen atoms in total. The van der Waals surface area contributed by atoms with Gasteiger partial charge in [0.25, 0.3) is 0 Å². The van der Waals surface area contributed by atoms with Gasteiger partial charge in [0, 0.05) is 0 Å². The van der Waals surface area contributed by atoms with Gasteiger partial charge in [-0.05, 0) is 19.6 Å². The standard InChI is InChI=1S/C6H12NO3.Mo.2H2O/c8-4-1-7(2-5-9)3-6-10;;;/h1-6H2;;2*1H2/q-3;+4;;/p-1. The summed E-state index contributed by atoms with van der Waals surface area (Å²) in [4.78, 5) is 1.60. The second-order valence-electron chi connectivity index (χ2n) is 1.95. The molecule has 0 aromatic carbocycles. The summed E-state index contributed by atoms with van der Waals surface area (Å²) in [5.41, 5.74) is 0. The average molecular weight is 277 g/mol. The quantitative estimate of drug-likeness (QED) is 0.450. The van der Waals surface area contributed by atoms with Crippen molar-refractivity contribution in [3.63, 3.8) is 0 Å². The normalized spacial score (nSPS) is 8.31. The summed E-state index contributed by atoms with van der Waals surface area (Å²) in [6.07, 6.45) is 0. The number of rotatable bonds is 6. The van der Waals surface area contributed by atoms with E-state index in [2.05, 4.69) is 0 Å². The number of hydrogen-bond acceptors (Lipinski definition) is 5. The van der Waals surface area contributed by atoms with Crippen molar-refractivity contribution in [2.45, 2.75) is 0 Å². The van der Waals surface area contributed by atoms with E-state index in [1.165, 1.54) is 0 Å². The van der Waals surface area contributed by atoms with Crippen molar-refractivity contribution in [1.82, 2.24) is 4.90 Å². The van der Waals surface area contributed by atoms with E-state index in [4.69, 9.17) is 0 Å². The second-order valence-corrected chi connectivity index (χ2v) is 1.95. The third kappa shape index (κ3) is 15.2. The topological polar surface area (TPSA) is 134 Å². The average Bonchev–Trinajstić information content (AvgIpc) is 1.90. The predicted octanol–water partition coefficient (Wildman–Crippen LogP) is -4.63. The monoisotopic (exact) mass is 279 g/mol. The summed E-state index contributed by atoms with van der Waals surface area (Å²) in [5, 5.41) is 30.1. The Hall–Kier alpha value is 0.448.